The molecule has 10 heteroatoms. The number of rotatable bonds is 6. The van der Waals surface area contributed by atoms with E-state index in [1.54, 1.807) is 6.92 Å². The minimum absolute atomic E-state index is 0.00843. The molecule has 2 rings (SSSR count). The number of aromatic nitrogens is 2. The average Bonchev–Trinajstić information content (AvgIpc) is 2.58. The first-order valence-corrected chi connectivity index (χ1v) is 7.52. The molecule has 2 N–H and O–H groups in total. The van der Waals surface area contributed by atoms with Gasteiger partial charge in [-0.05, 0) is 23.8 Å². The fraction of sp³-hybridized carbons (Fsp3) is 0.250. The van der Waals surface area contributed by atoms with Crippen molar-refractivity contribution in [3.63, 3.8) is 0 Å². The van der Waals surface area contributed by atoms with Gasteiger partial charge in [-0.3, -0.25) is 14.9 Å². The zero-order valence-corrected chi connectivity index (χ0v) is 13.6. The molecule has 7 nitrogen and oxygen atoms in total. The van der Waals surface area contributed by atoms with Crippen molar-refractivity contribution in [1.29, 1.82) is 0 Å². The number of ether oxygens (including phenoxy) is 1. The lowest BCUT2D eigenvalue weighted by Gasteiger charge is -2.10. The smallest absolute Gasteiger partial charge is 0.406 e. The van der Waals surface area contributed by atoms with Crippen LogP contribution >= 0.6 is 0 Å². The van der Waals surface area contributed by atoms with Gasteiger partial charge in [-0.1, -0.05) is 19.1 Å². The van der Waals surface area contributed by atoms with Crippen molar-refractivity contribution < 1.29 is 27.5 Å². The van der Waals surface area contributed by atoms with Crippen LogP contribution in [0.4, 0.5) is 19.1 Å². The van der Waals surface area contributed by atoms with E-state index in [9.17, 15) is 22.8 Å². The zero-order chi connectivity index (χ0) is 19.2. The Balaban J connectivity index is 1.99. The third-order valence-corrected chi connectivity index (χ3v) is 3.05. The topological polar surface area (TPSA) is 93.2 Å². The van der Waals surface area contributed by atoms with Crippen LogP contribution in [0.1, 0.15) is 29.4 Å². The van der Waals surface area contributed by atoms with Crippen LogP contribution in [0.3, 0.4) is 0 Å². The number of halogens is 3. The molecule has 0 aliphatic carbocycles. The molecule has 0 spiro atoms. The van der Waals surface area contributed by atoms with E-state index >= 15 is 0 Å². The molecule has 1 aromatic carbocycles. The second kappa shape index (κ2) is 8.28. The monoisotopic (exact) mass is 368 g/mol. The normalized spacial score (nSPS) is 10.9. The van der Waals surface area contributed by atoms with Crippen molar-refractivity contribution >= 4 is 17.8 Å². The second-order valence-electron chi connectivity index (χ2n) is 5.05. The van der Waals surface area contributed by atoms with Crippen LogP contribution in [0.5, 0.6) is 5.75 Å². The lowest BCUT2D eigenvalue weighted by molar-refractivity contribution is -0.274. The van der Waals surface area contributed by atoms with Gasteiger partial charge in [0.25, 0.3) is 5.91 Å². The number of hydrogen-bond donors (Lipinski definition) is 2. The van der Waals surface area contributed by atoms with Crippen LogP contribution in [0.15, 0.2) is 36.5 Å². The summed E-state index contributed by atoms with van der Waals surface area (Å²) in [6.07, 6.45) is -3.25. The maximum absolute atomic E-state index is 12.2. The Morgan fingerprint density at radius 3 is 2.69 bits per heavy atom. The van der Waals surface area contributed by atoms with E-state index in [4.69, 9.17) is 0 Å². The third-order valence-electron chi connectivity index (χ3n) is 3.05. The van der Waals surface area contributed by atoms with Gasteiger partial charge in [-0.2, -0.15) is 0 Å². The summed E-state index contributed by atoms with van der Waals surface area (Å²) < 4.78 is 40.5. The number of benzene rings is 1. The summed E-state index contributed by atoms with van der Waals surface area (Å²) in [6, 6.07) is 6.59. The summed E-state index contributed by atoms with van der Waals surface area (Å²) in [5.41, 5.74) is 0.419. The van der Waals surface area contributed by atoms with Gasteiger partial charge in [0.05, 0.1) is 0 Å². The fourth-order valence-electron chi connectivity index (χ4n) is 1.88. The standard InChI is InChI=1S/C16H15F3N4O3/c1-2-13(24)23-15-20-7-6-12(22-15)14(25)21-9-10-4-3-5-11(8-10)26-16(17,18)19/h3-8H,2,9H2,1H3,(H,21,25)(H,20,22,23,24). The average molecular weight is 368 g/mol. The Bertz CT molecular complexity index is 796. The van der Waals surface area contributed by atoms with Crippen LogP contribution < -0.4 is 15.4 Å². The maximum Gasteiger partial charge on any atom is 0.573 e. The van der Waals surface area contributed by atoms with Gasteiger partial charge in [-0.25, -0.2) is 9.97 Å². The molecule has 0 radical (unpaired) electrons. The third kappa shape index (κ3) is 6.04. The molecular formula is C16H15F3N4O3. The van der Waals surface area contributed by atoms with Gasteiger partial charge in [0.15, 0.2) is 0 Å². The molecule has 26 heavy (non-hydrogen) atoms. The van der Waals surface area contributed by atoms with Gasteiger partial charge in [0.1, 0.15) is 11.4 Å². The molecule has 138 valence electrons. The predicted octanol–water partition coefficient (Wildman–Crippen LogP) is 2.65. The van der Waals surface area contributed by atoms with Gasteiger partial charge in [-0.15, -0.1) is 13.2 Å². The number of nitrogens with one attached hydrogen (secondary N) is 2. The number of anilines is 1. The van der Waals surface area contributed by atoms with Gasteiger partial charge in [0, 0.05) is 19.2 Å². The summed E-state index contributed by atoms with van der Waals surface area (Å²) >= 11 is 0. The van der Waals surface area contributed by atoms with E-state index in [-0.39, 0.29) is 36.3 Å². The molecule has 0 saturated heterocycles. The number of nitrogens with zero attached hydrogens (tertiary/aromatic N) is 2. The largest absolute Gasteiger partial charge is 0.573 e. The summed E-state index contributed by atoms with van der Waals surface area (Å²) in [6.45, 7) is 1.62. The summed E-state index contributed by atoms with van der Waals surface area (Å²) in [5.74, 6) is -1.26. The van der Waals surface area contributed by atoms with Crippen LogP contribution in [0, 0.1) is 0 Å². The zero-order valence-electron chi connectivity index (χ0n) is 13.6. The Kier molecular flexibility index (Phi) is 6.10. The number of amides is 2. The molecule has 1 heterocycles. The van der Waals surface area contributed by atoms with E-state index < -0.39 is 12.3 Å². The fourth-order valence-corrected chi connectivity index (χ4v) is 1.88. The van der Waals surface area contributed by atoms with E-state index in [1.165, 1.54) is 30.5 Å². The van der Waals surface area contributed by atoms with Crippen molar-refractivity contribution in [2.75, 3.05) is 5.32 Å². The Hall–Kier alpha value is -3.17. The molecule has 0 bridgehead atoms. The van der Waals surface area contributed by atoms with Gasteiger partial charge in [0.2, 0.25) is 11.9 Å². The van der Waals surface area contributed by atoms with E-state index in [0.29, 0.717) is 5.56 Å². The Morgan fingerprint density at radius 2 is 2.00 bits per heavy atom. The number of hydrogen-bond acceptors (Lipinski definition) is 5. The number of alkyl halides is 3. The van der Waals surface area contributed by atoms with Crippen molar-refractivity contribution in [2.45, 2.75) is 26.3 Å². The van der Waals surface area contributed by atoms with Crippen molar-refractivity contribution in [3.05, 3.63) is 47.8 Å². The van der Waals surface area contributed by atoms with E-state index in [0.717, 1.165) is 6.07 Å². The summed E-state index contributed by atoms with van der Waals surface area (Å²) in [7, 11) is 0. The Morgan fingerprint density at radius 1 is 1.23 bits per heavy atom. The molecular weight excluding hydrogens is 353 g/mol. The summed E-state index contributed by atoms with van der Waals surface area (Å²) in [4.78, 5) is 31.2. The van der Waals surface area contributed by atoms with E-state index in [1.807, 2.05) is 0 Å². The van der Waals surface area contributed by atoms with Crippen LogP contribution in [-0.2, 0) is 11.3 Å². The number of carbonyl (C=O) groups excluding carboxylic acids is 2. The minimum Gasteiger partial charge on any atom is -0.406 e. The Labute approximate surface area is 146 Å². The quantitative estimate of drug-likeness (QED) is 0.818. The predicted molar refractivity (Wildman–Crippen MR) is 85.2 cm³/mol. The molecule has 1 aromatic heterocycles. The molecule has 0 aliphatic rings. The molecule has 0 aliphatic heterocycles. The highest BCUT2D eigenvalue weighted by atomic mass is 19.4. The molecule has 0 atom stereocenters. The highest BCUT2D eigenvalue weighted by Gasteiger charge is 2.31. The molecule has 0 fully saturated rings. The highest BCUT2D eigenvalue weighted by Crippen LogP contribution is 2.23. The lowest BCUT2D eigenvalue weighted by Crippen LogP contribution is -2.24. The highest BCUT2D eigenvalue weighted by molar-refractivity contribution is 5.93. The first-order valence-electron chi connectivity index (χ1n) is 7.52. The van der Waals surface area contributed by atoms with Crippen molar-refractivity contribution in [3.8, 4) is 5.75 Å². The van der Waals surface area contributed by atoms with Crippen LogP contribution in [-0.4, -0.2) is 28.1 Å². The molecule has 2 aromatic rings. The van der Waals surface area contributed by atoms with E-state index in [2.05, 4.69) is 25.3 Å². The SMILES string of the molecule is CCC(=O)Nc1nccc(C(=O)NCc2cccc(OC(F)(F)F)c2)n1. The minimum atomic E-state index is -4.79. The van der Waals surface area contributed by atoms with Gasteiger partial charge < -0.3 is 10.1 Å². The van der Waals surface area contributed by atoms with Crippen LogP contribution in [0.25, 0.3) is 0 Å². The first-order chi connectivity index (χ1) is 12.3. The summed E-state index contributed by atoms with van der Waals surface area (Å²) in [5, 5.41) is 4.95. The molecule has 0 unspecified atom stereocenters. The van der Waals surface area contributed by atoms with Crippen LogP contribution in [0.2, 0.25) is 0 Å². The molecule has 0 saturated carbocycles. The molecule has 2 amide bonds. The first kappa shape index (κ1) is 19.2. The van der Waals surface area contributed by atoms with Gasteiger partial charge >= 0.3 is 6.36 Å². The van der Waals surface area contributed by atoms with Crippen molar-refractivity contribution in [2.24, 2.45) is 0 Å². The van der Waals surface area contributed by atoms with Crippen molar-refractivity contribution in [1.82, 2.24) is 15.3 Å². The number of carbonyl (C=O) groups is 2. The lowest BCUT2D eigenvalue weighted by atomic mass is 10.2. The maximum atomic E-state index is 12.2. The second-order valence-corrected chi connectivity index (χ2v) is 5.05.